The first kappa shape index (κ1) is 16.9. The summed E-state index contributed by atoms with van der Waals surface area (Å²) < 4.78 is 1.74. The number of hydrogen-bond donors (Lipinski definition) is 2. The van der Waals surface area contributed by atoms with Crippen molar-refractivity contribution in [1.82, 2.24) is 14.9 Å². The Hall–Kier alpha value is -2.96. The van der Waals surface area contributed by atoms with Gasteiger partial charge in [0.25, 0.3) is 0 Å². The van der Waals surface area contributed by atoms with Gasteiger partial charge < -0.3 is 5.73 Å². The lowest BCUT2D eigenvalue weighted by Crippen LogP contribution is -2.07. The van der Waals surface area contributed by atoms with E-state index in [4.69, 9.17) is 10.6 Å². The second kappa shape index (κ2) is 7.29. The maximum Gasteiger partial charge on any atom is 0.180 e. The highest BCUT2D eigenvalue weighted by Crippen LogP contribution is 2.25. The molecule has 0 bridgehead atoms. The number of imidazole rings is 1. The highest BCUT2D eigenvalue weighted by molar-refractivity contribution is 5.98. The van der Waals surface area contributed by atoms with Crippen LogP contribution in [0.2, 0.25) is 0 Å². The average Bonchev–Trinajstić information content (AvgIpc) is 2.94. The summed E-state index contributed by atoms with van der Waals surface area (Å²) in [5.74, 6) is 0.124. The molecule has 3 aromatic rings. The monoisotopic (exact) mass is 336 g/mol. The van der Waals surface area contributed by atoms with Gasteiger partial charge in [0.2, 0.25) is 0 Å². The SMILES string of the molecule is CNOCC=C(c1ccccc1)c1ccc2nc(N)c(C(C)=O)n2c1. The number of anilines is 1. The molecule has 0 amide bonds. The second-order valence-corrected chi connectivity index (χ2v) is 5.55. The fraction of sp³-hybridized carbons (Fsp3) is 0.158. The Labute approximate surface area is 145 Å². The number of carbonyl (C=O) groups is 1. The summed E-state index contributed by atoms with van der Waals surface area (Å²) in [4.78, 5) is 21.4. The first-order valence-corrected chi connectivity index (χ1v) is 7.95. The first-order chi connectivity index (χ1) is 12.1. The van der Waals surface area contributed by atoms with E-state index in [0.29, 0.717) is 17.9 Å². The van der Waals surface area contributed by atoms with Crippen LogP contribution in [0.15, 0.2) is 54.7 Å². The number of hydrogen-bond acceptors (Lipinski definition) is 5. The van der Waals surface area contributed by atoms with Gasteiger partial charge >= 0.3 is 0 Å². The van der Waals surface area contributed by atoms with Crippen molar-refractivity contribution < 1.29 is 9.63 Å². The van der Waals surface area contributed by atoms with Crippen molar-refractivity contribution in [1.29, 1.82) is 0 Å². The van der Waals surface area contributed by atoms with Gasteiger partial charge in [-0.15, -0.1) is 0 Å². The van der Waals surface area contributed by atoms with E-state index >= 15 is 0 Å². The van der Waals surface area contributed by atoms with Gasteiger partial charge in [0.05, 0.1) is 6.61 Å². The molecule has 128 valence electrons. The number of rotatable bonds is 6. The molecule has 3 rings (SSSR count). The van der Waals surface area contributed by atoms with E-state index in [0.717, 1.165) is 16.7 Å². The highest BCUT2D eigenvalue weighted by atomic mass is 16.6. The normalized spacial score (nSPS) is 11.8. The third-order valence-electron chi connectivity index (χ3n) is 3.89. The summed E-state index contributed by atoms with van der Waals surface area (Å²) in [5.41, 5.74) is 12.6. The van der Waals surface area contributed by atoms with Crippen LogP contribution in [0.25, 0.3) is 11.2 Å². The molecule has 0 aliphatic carbocycles. The molecule has 0 aliphatic heterocycles. The van der Waals surface area contributed by atoms with Gasteiger partial charge in [0, 0.05) is 20.2 Å². The minimum Gasteiger partial charge on any atom is -0.382 e. The predicted octanol–water partition coefficient (Wildman–Crippen LogP) is 2.70. The number of ketones is 1. The Morgan fingerprint density at radius 3 is 2.68 bits per heavy atom. The number of Topliss-reactive ketones (excluding diaryl/α,β-unsaturated/α-hetero) is 1. The molecule has 0 fully saturated rings. The molecule has 6 nitrogen and oxygen atoms in total. The lowest BCUT2D eigenvalue weighted by molar-refractivity contribution is 0.0813. The Kier molecular flexibility index (Phi) is 4.92. The van der Waals surface area contributed by atoms with E-state index in [1.807, 2.05) is 54.7 Å². The Morgan fingerprint density at radius 1 is 1.24 bits per heavy atom. The fourth-order valence-electron chi connectivity index (χ4n) is 2.80. The molecular formula is C19H20N4O2. The molecule has 0 radical (unpaired) electrons. The molecule has 3 N–H and O–H groups in total. The van der Waals surface area contributed by atoms with Crippen molar-refractivity contribution in [3.63, 3.8) is 0 Å². The van der Waals surface area contributed by atoms with Crippen LogP contribution in [0.5, 0.6) is 0 Å². The quantitative estimate of drug-likeness (QED) is 0.411. The number of aromatic nitrogens is 2. The molecule has 2 aromatic heterocycles. The van der Waals surface area contributed by atoms with E-state index in [9.17, 15) is 4.79 Å². The molecule has 25 heavy (non-hydrogen) atoms. The number of nitrogens with two attached hydrogens (primary N) is 1. The Balaban J connectivity index is 2.14. The summed E-state index contributed by atoms with van der Waals surface area (Å²) in [6.07, 6.45) is 3.87. The standard InChI is InChI=1S/C19H20N4O2/c1-13(24)18-19(20)22-17-9-8-15(12-23(17)18)16(10-11-25-21-2)14-6-4-3-5-7-14/h3-10,12,21H,11,20H2,1-2H3. The summed E-state index contributed by atoms with van der Waals surface area (Å²) in [6.45, 7) is 1.89. The average molecular weight is 336 g/mol. The van der Waals surface area contributed by atoms with Crippen molar-refractivity contribution in [2.75, 3.05) is 19.4 Å². The van der Waals surface area contributed by atoms with Crippen LogP contribution in [-0.4, -0.2) is 28.8 Å². The van der Waals surface area contributed by atoms with Gasteiger partial charge in [-0.05, 0) is 34.9 Å². The zero-order valence-electron chi connectivity index (χ0n) is 14.2. The third-order valence-corrected chi connectivity index (χ3v) is 3.89. The van der Waals surface area contributed by atoms with E-state index in [1.54, 1.807) is 11.4 Å². The number of pyridine rings is 1. The van der Waals surface area contributed by atoms with Gasteiger partial charge in [0.15, 0.2) is 11.6 Å². The minimum absolute atomic E-state index is 0.120. The van der Waals surface area contributed by atoms with Crippen LogP contribution >= 0.6 is 0 Å². The number of carbonyl (C=O) groups excluding carboxylic acids is 1. The smallest absolute Gasteiger partial charge is 0.180 e. The zero-order chi connectivity index (χ0) is 17.8. The molecular weight excluding hydrogens is 316 g/mol. The van der Waals surface area contributed by atoms with Crippen LogP contribution in [0.1, 0.15) is 28.5 Å². The van der Waals surface area contributed by atoms with Crippen molar-refractivity contribution >= 4 is 22.8 Å². The van der Waals surface area contributed by atoms with Gasteiger partial charge in [-0.25, -0.2) is 10.5 Å². The number of nitrogen functional groups attached to an aromatic ring is 1. The lowest BCUT2D eigenvalue weighted by atomic mass is 9.99. The predicted molar refractivity (Wildman–Crippen MR) is 98.1 cm³/mol. The third kappa shape index (κ3) is 3.45. The topological polar surface area (TPSA) is 81.7 Å². The molecule has 0 saturated heterocycles. The van der Waals surface area contributed by atoms with Crippen LogP contribution in [0.4, 0.5) is 5.82 Å². The molecule has 6 heteroatoms. The van der Waals surface area contributed by atoms with Crippen LogP contribution in [0.3, 0.4) is 0 Å². The molecule has 1 aromatic carbocycles. The van der Waals surface area contributed by atoms with Crippen molar-refractivity contribution in [2.45, 2.75) is 6.92 Å². The van der Waals surface area contributed by atoms with E-state index in [1.165, 1.54) is 6.92 Å². The largest absolute Gasteiger partial charge is 0.382 e. The number of benzene rings is 1. The number of fused-ring (bicyclic) bond motifs is 1. The van der Waals surface area contributed by atoms with Crippen LogP contribution in [-0.2, 0) is 4.84 Å². The van der Waals surface area contributed by atoms with E-state index in [-0.39, 0.29) is 11.6 Å². The van der Waals surface area contributed by atoms with E-state index < -0.39 is 0 Å². The molecule has 0 saturated carbocycles. The molecule has 0 spiro atoms. The van der Waals surface area contributed by atoms with E-state index in [2.05, 4.69) is 10.5 Å². The summed E-state index contributed by atoms with van der Waals surface area (Å²) in [5, 5.41) is 0. The van der Waals surface area contributed by atoms with Crippen LogP contribution < -0.4 is 11.2 Å². The first-order valence-electron chi connectivity index (χ1n) is 7.95. The molecule has 0 aliphatic rings. The Morgan fingerprint density at radius 2 is 2.00 bits per heavy atom. The van der Waals surface area contributed by atoms with Gasteiger partial charge in [-0.1, -0.05) is 30.3 Å². The Bertz CT molecular complexity index is 929. The maximum absolute atomic E-state index is 11.9. The number of hydroxylamine groups is 1. The van der Waals surface area contributed by atoms with Crippen molar-refractivity contribution in [3.8, 4) is 0 Å². The number of nitrogens with one attached hydrogen (secondary N) is 1. The van der Waals surface area contributed by atoms with Gasteiger partial charge in [0.1, 0.15) is 11.3 Å². The second-order valence-electron chi connectivity index (χ2n) is 5.55. The minimum atomic E-state index is -0.120. The van der Waals surface area contributed by atoms with Gasteiger partial charge in [-0.2, -0.15) is 0 Å². The maximum atomic E-state index is 11.9. The molecule has 0 atom stereocenters. The van der Waals surface area contributed by atoms with Crippen molar-refractivity contribution in [3.05, 3.63) is 71.6 Å². The molecule has 0 unspecified atom stereocenters. The molecule has 2 heterocycles. The zero-order valence-corrected chi connectivity index (χ0v) is 14.2. The van der Waals surface area contributed by atoms with Crippen molar-refractivity contribution in [2.24, 2.45) is 0 Å². The van der Waals surface area contributed by atoms with Gasteiger partial charge in [-0.3, -0.25) is 14.0 Å². The lowest BCUT2D eigenvalue weighted by Gasteiger charge is -2.10. The van der Waals surface area contributed by atoms with Crippen LogP contribution in [0, 0.1) is 0 Å². The number of nitrogens with zero attached hydrogens (tertiary/aromatic N) is 2. The fourth-order valence-corrected chi connectivity index (χ4v) is 2.80. The highest BCUT2D eigenvalue weighted by Gasteiger charge is 2.15. The summed E-state index contributed by atoms with van der Waals surface area (Å²) in [6, 6.07) is 13.8. The summed E-state index contributed by atoms with van der Waals surface area (Å²) >= 11 is 0. The summed E-state index contributed by atoms with van der Waals surface area (Å²) in [7, 11) is 1.72.